The lowest BCUT2D eigenvalue weighted by Gasteiger charge is -2.15. The normalized spacial score (nSPS) is 11.8. The molecule has 1 aromatic carbocycles. The first-order valence-corrected chi connectivity index (χ1v) is 6.50. The van der Waals surface area contributed by atoms with E-state index in [0.717, 1.165) is 6.42 Å². The average molecular weight is 282 g/mol. The molecule has 110 valence electrons. The zero-order valence-corrected chi connectivity index (χ0v) is 11.6. The molecule has 20 heavy (non-hydrogen) atoms. The summed E-state index contributed by atoms with van der Waals surface area (Å²) in [6.07, 6.45) is 1.91. The maximum atomic E-state index is 13.3. The summed E-state index contributed by atoms with van der Waals surface area (Å²) in [5.41, 5.74) is 0.757. The van der Waals surface area contributed by atoms with Gasteiger partial charge in [0.05, 0.1) is 0 Å². The minimum absolute atomic E-state index is 0.283. The number of hydrogen-bond acceptors (Lipinski definition) is 2. The minimum Gasteiger partial charge on any atom is -0.480 e. The molecule has 0 aliphatic rings. The number of halogens is 1. The summed E-state index contributed by atoms with van der Waals surface area (Å²) in [4.78, 5) is 22.7. The number of carboxylic acids is 1. The standard InChI is InChI=1S/C14H19FN2O3/c1-3-4-5-12(13(18)19)17-14(20)16-10-7-6-9(2)11(15)8-10/h6-8,12H,3-5H2,1-2H3,(H,18,19)(H2,16,17,20)/t12-/m0/s1. The van der Waals surface area contributed by atoms with Crippen LogP contribution in [0.5, 0.6) is 0 Å². The van der Waals surface area contributed by atoms with Gasteiger partial charge >= 0.3 is 12.0 Å². The summed E-state index contributed by atoms with van der Waals surface area (Å²) < 4.78 is 13.3. The van der Waals surface area contributed by atoms with E-state index in [0.29, 0.717) is 18.4 Å². The largest absolute Gasteiger partial charge is 0.480 e. The first-order chi connectivity index (χ1) is 9.43. The highest BCUT2D eigenvalue weighted by molar-refractivity contribution is 5.92. The van der Waals surface area contributed by atoms with Gasteiger partial charge in [0, 0.05) is 5.69 Å². The Balaban J connectivity index is 2.60. The Morgan fingerprint density at radius 3 is 2.65 bits per heavy atom. The molecule has 6 heteroatoms. The molecule has 0 unspecified atom stereocenters. The van der Waals surface area contributed by atoms with Crippen LogP contribution in [0.1, 0.15) is 31.7 Å². The number of hydrogen-bond donors (Lipinski definition) is 3. The predicted molar refractivity (Wildman–Crippen MR) is 74.2 cm³/mol. The van der Waals surface area contributed by atoms with Crippen molar-refractivity contribution in [1.82, 2.24) is 5.32 Å². The van der Waals surface area contributed by atoms with Gasteiger partial charge in [-0.25, -0.2) is 14.0 Å². The Bertz CT molecular complexity index is 491. The molecule has 2 amide bonds. The Morgan fingerprint density at radius 2 is 2.10 bits per heavy atom. The van der Waals surface area contributed by atoms with E-state index >= 15 is 0 Å². The van der Waals surface area contributed by atoms with E-state index in [-0.39, 0.29) is 5.69 Å². The second-order valence-corrected chi connectivity index (χ2v) is 4.60. The Kier molecular flexibility index (Phi) is 5.96. The third-order valence-electron chi connectivity index (χ3n) is 2.88. The summed E-state index contributed by atoms with van der Waals surface area (Å²) in [5, 5.41) is 13.8. The van der Waals surface area contributed by atoms with E-state index in [4.69, 9.17) is 5.11 Å². The molecule has 0 aromatic heterocycles. The number of benzene rings is 1. The van der Waals surface area contributed by atoms with Gasteiger partial charge in [-0.1, -0.05) is 25.8 Å². The monoisotopic (exact) mass is 282 g/mol. The van der Waals surface area contributed by atoms with E-state index in [9.17, 15) is 14.0 Å². The van der Waals surface area contributed by atoms with Crippen LogP contribution in [0.4, 0.5) is 14.9 Å². The van der Waals surface area contributed by atoms with Crippen molar-refractivity contribution in [3.63, 3.8) is 0 Å². The Morgan fingerprint density at radius 1 is 1.40 bits per heavy atom. The van der Waals surface area contributed by atoms with E-state index in [1.165, 1.54) is 12.1 Å². The molecule has 0 bridgehead atoms. The lowest BCUT2D eigenvalue weighted by Crippen LogP contribution is -2.42. The number of carbonyl (C=O) groups is 2. The van der Waals surface area contributed by atoms with Gasteiger partial charge in [-0.15, -0.1) is 0 Å². The highest BCUT2D eigenvalue weighted by Gasteiger charge is 2.19. The number of urea groups is 1. The van der Waals surface area contributed by atoms with Gasteiger partial charge in [-0.05, 0) is 31.0 Å². The quantitative estimate of drug-likeness (QED) is 0.750. The molecule has 0 saturated carbocycles. The van der Waals surface area contributed by atoms with Gasteiger partial charge < -0.3 is 15.7 Å². The molecule has 0 fully saturated rings. The van der Waals surface area contributed by atoms with Gasteiger partial charge in [0.2, 0.25) is 0 Å². The fourth-order valence-electron chi connectivity index (χ4n) is 1.66. The molecule has 0 radical (unpaired) electrons. The van der Waals surface area contributed by atoms with E-state index in [1.807, 2.05) is 6.92 Å². The average Bonchev–Trinajstić information content (AvgIpc) is 2.38. The number of aryl methyl sites for hydroxylation is 1. The Labute approximate surface area is 117 Å². The fourth-order valence-corrected chi connectivity index (χ4v) is 1.66. The summed E-state index contributed by atoms with van der Waals surface area (Å²) in [5.74, 6) is -1.51. The number of carbonyl (C=O) groups excluding carboxylic acids is 1. The Hall–Kier alpha value is -2.11. The molecule has 0 spiro atoms. The summed E-state index contributed by atoms with van der Waals surface area (Å²) in [6, 6.07) is 2.69. The van der Waals surface area contributed by atoms with Crippen LogP contribution in [0.3, 0.4) is 0 Å². The van der Waals surface area contributed by atoms with Gasteiger partial charge in [-0.2, -0.15) is 0 Å². The molecule has 0 saturated heterocycles. The topological polar surface area (TPSA) is 78.4 Å². The third-order valence-corrected chi connectivity index (χ3v) is 2.88. The molecule has 0 heterocycles. The molecule has 5 nitrogen and oxygen atoms in total. The first kappa shape index (κ1) is 15.9. The zero-order chi connectivity index (χ0) is 15.1. The second kappa shape index (κ2) is 7.47. The highest BCUT2D eigenvalue weighted by atomic mass is 19.1. The SMILES string of the molecule is CCCC[C@H](NC(=O)Nc1ccc(C)c(F)c1)C(=O)O. The third kappa shape index (κ3) is 4.87. The molecule has 3 N–H and O–H groups in total. The maximum Gasteiger partial charge on any atom is 0.326 e. The number of nitrogens with one attached hydrogen (secondary N) is 2. The van der Waals surface area contributed by atoms with Crippen LogP contribution in [0, 0.1) is 12.7 Å². The number of aliphatic carboxylic acids is 1. The van der Waals surface area contributed by atoms with Gasteiger partial charge in [0.15, 0.2) is 0 Å². The van der Waals surface area contributed by atoms with Crippen LogP contribution in [-0.4, -0.2) is 23.1 Å². The van der Waals surface area contributed by atoms with Crippen molar-refractivity contribution in [3.8, 4) is 0 Å². The number of amides is 2. The molecule has 1 aromatic rings. The van der Waals surface area contributed by atoms with Crippen molar-refractivity contribution in [3.05, 3.63) is 29.6 Å². The molecular formula is C14H19FN2O3. The fraction of sp³-hybridized carbons (Fsp3) is 0.429. The van der Waals surface area contributed by atoms with Crippen molar-refractivity contribution in [1.29, 1.82) is 0 Å². The smallest absolute Gasteiger partial charge is 0.326 e. The van der Waals surface area contributed by atoms with Crippen molar-refractivity contribution < 1.29 is 19.1 Å². The summed E-state index contributed by atoms with van der Waals surface area (Å²) in [7, 11) is 0. The van der Waals surface area contributed by atoms with Crippen LogP contribution in [0.15, 0.2) is 18.2 Å². The lowest BCUT2D eigenvalue weighted by atomic mass is 10.1. The van der Waals surface area contributed by atoms with Gasteiger partial charge in [0.25, 0.3) is 0 Å². The zero-order valence-electron chi connectivity index (χ0n) is 11.6. The first-order valence-electron chi connectivity index (χ1n) is 6.50. The molecular weight excluding hydrogens is 263 g/mol. The molecule has 0 aliphatic carbocycles. The number of rotatable bonds is 6. The van der Waals surface area contributed by atoms with Crippen LogP contribution in [-0.2, 0) is 4.79 Å². The van der Waals surface area contributed by atoms with Crippen molar-refractivity contribution in [2.24, 2.45) is 0 Å². The summed E-state index contributed by atoms with van der Waals surface area (Å²) in [6.45, 7) is 3.55. The summed E-state index contributed by atoms with van der Waals surface area (Å²) >= 11 is 0. The van der Waals surface area contributed by atoms with Crippen LogP contribution in [0.2, 0.25) is 0 Å². The number of anilines is 1. The highest BCUT2D eigenvalue weighted by Crippen LogP contribution is 2.13. The van der Waals surface area contributed by atoms with Crippen LogP contribution < -0.4 is 10.6 Å². The van der Waals surface area contributed by atoms with Crippen LogP contribution in [0.25, 0.3) is 0 Å². The van der Waals surface area contributed by atoms with E-state index in [1.54, 1.807) is 13.0 Å². The number of unbranched alkanes of at least 4 members (excludes halogenated alkanes) is 1. The van der Waals surface area contributed by atoms with Crippen molar-refractivity contribution >= 4 is 17.7 Å². The second-order valence-electron chi connectivity index (χ2n) is 4.60. The number of carboxylic acid groups (broad SMARTS) is 1. The van der Waals surface area contributed by atoms with E-state index < -0.39 is 23.9 Å². The maximum absolute atomic E-state index is 13.3. The van der Waals surface area contributed by atoms with Crippen LogP contribution >= 0.6 is 0 Å². The van der Waals surface area contributed by atoms with Crippen molar-refractivity contribution in [2.45, 2.75) is 39.2 Å². The minimum atomic E-state index is -1.08. The van der Waals surface area contributed by atoms with Crippen molar-refractivity contribution in [2.75, 3.05) is 5.32 Å². The molecule has 1 atom stereocenters. The van der Waals surface area contributed by atoms with E-state index in [2.05, 4.69) is 10.6 Å². The van der Waals surface area contributed by atoms with Gasteiger partial charge in [0.1, 0.15) is 11.9 Å². The molecule has 1 rings (SSSR count). The molecule has 0 aliphatic heterocycles. The predicted octanol–water partition coefficient (Wildman–Crippen LogP) is 2.90. The lowest BCUT2D eigenvalue weighted by molar-refractivity contribution is -0.139. The van der Waals surface area contributed by atoms with Gasteiger partial charge in [-0.3, -0.25) is 0 Å².